The maximum Gasteiger partial charge on any atom is -0.00985 e. The Morgan fingerprint density at radius 2 is 0.812 bits per heavy atom. The Morgan fingerprint density at radius 3 is 1.12 bits per heavy atom. The van der Waals surface area contributed by atoms with Crippen molar-refractivity contribution < 1.29 is 0 Å². The van der Waals surface area contributed by atoms with Crippen LogP contribution in [0.25, 0.3) is 0 Å². The maximum atomic E-state index is 2.43. The molecule has 0 nitrogen and oxygen atoms in total. The van der Waals surface area contributed by atoms with Gasteiger partial charge in [0.2, 0.25) is 0 Å². The van der Waals surface area contributed by atoms with E-state index in [9.17, 15) is 0 Å². The van der Waals surface area contributed by atoms with Crippen molar-refractivity contribution in [3.63, 3.8) is 0 Å². The van der Waals surface area contributed by atoms with E-state index in [1.807, 2.05) is 0 Å². The summed E-state index contributed by atoms with van der Waals surface area (Å²) in [6.45, 7) is 42.1. The van der Waals surface area contributed by atoms with E-state index >= 15 is 0 Å². The topological polar surface area (TPSA) is 0 Å². The minimum absolute atomic E-state index is 0.220. The molecule has 0 aromatic heterocycles. The van der Waals surface area contributed by atoms with Gasteiger partial charge in [0.25, 0.3) is 0 Å². The molecule has 2 aliphatic rings. The Labute approximate surface area is 298 Å². The van der Waals surface area contributed by atoms with Crippen LogP contribution >= 0.6 is 0 Å². The molecule has 0 aromatic carbocycles. The van der Waals surface area contributed by atoms with Crippen molar-refractivity contribution in [2.75, 3.05) is 0 Å². The van der Waals surface area contributed by atoms with E-state index in [4.69, 9.17) is 0 Å². The third kappa shape index (κ3) is 10.3. The molecule has 0 aromatic rings. The number of hydrogen-bond donors (Lipinski definition) is 0. The van der Waals surface area contributed by atoms with Gasteiger partial charge in [0.1, 0.15) is 0 Å². The molecule has 0 saturated carbocycles. The largest absolute Gasteiger partial charge is 0.0662 e. The lowest BCUT2D eigenvalue weighted by molar-refractivity contribution is 0.253. The average molecular weight is 649 g/mol. The second-order valence-corrected chi connectivity index (χ2v) is 16.9. The van der Waals surface area contributed by atoms with Crippen molar-refractivity contribution in [1.82, 2.24) is 0 Å². The molecule has 0 heteroatoms. The Bertz CT molecular complexity index is 1420. The highest BCUT2D eigenvalue weighted by molar-refractivity contribution is 5.50. The minimum Gasteiger partial charge on any atom is -0.0662 e. The summed E-state index contributed by atoms with van der Waals surface area (Å²) in [6, 6.07) is 0. The monoisotopic (exact) mass is 649 g/mol. The maximum absolute atomic E-state index is 2.43. The average Bonchev–Trinajstić information content (AvgIpc) is 2.99. The fraction of sp³-hybridized carbons (Fsp3) is 0.542. The van der Waals surface area contributed by atoms with Crippen molar-refractivity contribution in [3.8, 4) is 0 Å². The molecule has 0 saturated heterocycles. The molecular formula is C48H72. The molecule has 0 aliphatic heterocycles. The van der Waals surface area contributed by atoms with Crippen LogP contribution in [0.15, 0.2) is 128 Å². The summed E-state index contributed by atoms with van der Waals surface area (Å²) in [5, 5.41) is 0. The van der Waals surface area contributed by atoms with Gasteiger partial charge in [-0.1, -0.05) is 138 Å². The lowest BCUT2D eigenvalue weighted by Gasteiger charge is -2.42. The normalized spacial score (nSPS) is 27.5. The van der Waals surface area contributed by atoms with E-state index in [0.717, 1.165) is 11.8 Å². The summed E-state index contributed by atoms with van der Waals surface area (Å²) < 4.78 is 0. The first-order valence-electron chi connectivity index (χ1n) is 18.6. The van der Waals surface area contributed by atoms with E-state index in [1.165, 1.54) is 57.4 Å². The van der Waals surface area contributed by atoms with Crippen LogP contribution in [0.4, 0.5) is 0 Å². The van der Waals surface area contributed by atoms with Crippen molar-refractivity contribution in [1.29, 1.82) is 0 Å². The van der Waals surface area contributed by atoms with Crippen LogP contribution < -0.4 is 0 Å². The molecule has 0 spiro atoms. The number of allylic oxidation sites excluding steroid dienone is 22. The first kappa shape index (κ1) is 41.3. The Kier molecular flexibility index (Phi) is 14.8. The zero-order chi connectivity index (χ0) is 36.7. The van der Waals surface area contributed by atoms with Crippen molar-refractivity contribution in [2.24, 2.45) is 34.5 Å². The highest BCUT2D eigenvalue weighted by Gasteiger charge is 2.37. The van der Waals surface area contributed by atoms with Gasteiger partial charge in [0.15, 0.2) is 0 Å². The van der Waals surface area contributed by atoms with E-state index in [-0.39, 0.29) is 10.8 Å². The van der Waals surface area contributed by atoms with Crippen molar-refractivity contribution in [2.45, 2.75) is 137 Å². The summed E-state index contributed by atoms with van der Waals surface area (Å²) in [4.78, 5) is 0. The molecule has 0 fully saturated rings. The molecule has 48 heavy (non-hydrogen) atoms. The molecule has 0 heterocycles. The fourth-order valence-electron chi connectivity index (χ4n) is 8.58. The van der Waals surface area contributed by atoms with E-state index in [1.54, 1.807) is 22.3 Å². The van der Waals surface area contributed by atoms with Gasteiger partial charge in [-0.25, -0.2) is 0 Å². The SMILES string of the molecule is CC1=C(/C(C)=C(C)/C(C)=C/C=C/C(C)=C/C=C/C=C(C)/C=C/C=C(C)/C(C)=C(\C)C2=C(C)C(C)C(C)CC2(C)C)C(C)(C)CC(C)C1C. The molecule has 0 amide bonds. The quantitative estimate of drug-likeness (QED) is 0.207. The van der Waals surface area contributed by atoms with Crippen LogP contribution in [0.3, 0.4) is 0 Å². The van der Waals surface area contributed by atoms with E-state index in [0.29, 0.717) is 11.8 Å². The van der Waals surface area contributed by atoms with Crippen LogP contribution in [0.5, 0.6) is 0 Å². The van der Waals surface area contributed by atoms with Crippen LogP contribution in [-0.2, 0) is 0 Å². The third-order valence-corrected chi connectivity index (χ3v) is 12.2. The standard InChI is InChI=1S/C48H72/c1-31(25-21-27-33(3)37(7)41(11)45-43(13)39(9)35(5)29-47(45,15)16)23-19-20-24-32(2)26-22-28-34(4)38(8)42(12)46-44(14)40(10)36(6)30-48(46,17)18/h19-28,35-36,39-40H,29-30H2,1-18H3/b20-19+,25-21+,26-22+,31-23+,32-24+,33-27+,34-28+,41-37+,42-38+. The second-order valence-electron chi connectivity index (χ2n) is 16.9. The first-order chi connectivity index (χ1) is 22.1. The minimum atomic E-state index is 0.220. The predicted molar refractivity (Wildman–Crippen MR) is 218 cm³/mol. The van der Waals surface area contributed by atoms with Crippen molar-refractivity contribution in [3.05, 3.63) is 128 Å². The predicted octanol–water partition coefficient (Wildman–Crippen LogP) is 15.2. The van der Waals surface area contributed by atoms with Crippen LogP contribution in [0.1, 0.15) is 137 Å². The zero-order valence-corrected chi connectivity index (χ0v) is 34.5. The van der Waals surface area contributed by atoms with Crippen LogP contribution in [0, 0.1) is 34.5 Å². The number of hydrogen-bond acceptors (Lipinski definition) is 0. The van der Waals surface area contributed by atoms with E-state index in [2.05, 4.69) is 185 Å². The fourth-order valence-corrected chi connectivity index (χ4v) is 8.58. The molecule has 0 radical (unpaired) electrons. The summed E-state index contributed by atoms with van der Waals surface area (Å²) in [6.07, 6.45) is 24.4. The van der Waals surface area contributed by atoms with Gasteiger partial charge in [0.05, 0.1) is 0 Å². The summed E-state index contributed by atoms with van der Waals surface area (Å²) in [7, 11) is 0. The van der Waals surface area contributed by atoms with Crippen molar-refractivity contribution >= 4 is 0 Å². The Morgan fingerprint density at radius 1 is 0.500 bits per heavy atom. The summed E-state index contributed by atoms with van der Waals surface area (Å²) in [5.41, 5.74) is 17.6. The van der Waals surface area contributed by atoms with Gasteiger partial charge >= 0.3 is 0 Å². The lowest BCUT2D eigenvalue weighted by Crippen LogP contribution is -2.30. The first-order valence-corrected chi connectivity index (χ1v) is 18.6. The van der Waals surface area contributed by atoms with Crippen LogP contribution in [-0.4, -0.2) is 0 Å². The Hall–Kier alpha value is -2.86. The summed E-state index contributed by atoms with van der Waals surface area (Å²) in [5.74, 6) is 2.76. The highest BCUT2D eigenvalue weighted by atomic mass is 14.4. The van der Waals surface area contributed by atoms with Gasteiger partial charge in [0, 0.05) is 0 Å². The molecule has 0 N–H and O–H groups in total. The Balaban J connectivity index is 2.10. The van der Waals surface area contributed by atoms with E-state index < -0.39 is 0 Å². The van der Waals surface area contributed by atoms with Gasteiger partial charge in [-0.3, -0.25) is 0 Å². The lowest BCUT2D eigenvalue weighted by atomic mass is 9.63. The highest BCUT2D eigenvalue weighted by Crippen LogP contribution is 2.50. The molecule has 264 valence electrons. The van der Waals surface area contributed by atoms with Gasteiger partial charge in [-0.2, -0.15) is 0 Å². The smallest absolute Gasteiger partial charge is 0.00985 e. The molecule has 4 unspecified atom stereocenters. The third-order valence-electron chi connectivity index (χ3n) is 12.2. The van der Waals surface area contributed by atoms with Gasteiger partial charge in [-0.05, 0) is 161 Å². The molecule has 2 rings (SSSR count). The zero-order valence-electron chi connectivity index (χ0n) is 34.5. The summed E-state index contributed by atoms with van der Waals surface area (Å²) >= 11 is 0. The number of rotatable bonds is 10. The van der Waals surface area contributed by atoms with Gasteiger partial charge < -0.3 is 0 Å². The van der Waals surface area contributed by atoms with Crippen LogP contribution in [0.2, 0.25) is 0 Å². The second kappa shape index (κ2) is 17.2. The molecular weight excluding hydrogens is 577 g/mol. The molecule has 2 aliphatic carbocycles. The molecule has 0 bridgehead atoms. The molecule has 4 atom stereocenters. The van der Waals surface area contributed by atoms with Gasteiger partial charge in [-0.15, -0.1) is 0 Å².